The molecule has 16 heavy (non-hydrogen) atoms. The number of rotatable bonds is 4. The quantitative estimate of drug-likeness (QED) is 0.626. The Morgan fingerprint density at radius 2 is 2.00 bits per heavy atom. The number of benzene rings is 1. The third-order valence-electron chi connectivity index (χ3n) is 3.54. The van der Waals surface area contributed by atoms with E-state index in [1.54, 1.807) is 11.1 Å². The van der Waals surface area contributed by atoms with Gasteiger partial charge in [0.1, 0.15) is 0 Å². The zero-order valence-electron chi connectivity index (χ0n) is 10.1. The van der Waals surface area contributed by atoms with Crippen molar-refractivity contribution in [1.82, 2.24) is 5.32 Å². The first-order chi connectivity index (χ1) is 7.63. The first kappa shape index (κ1) is 11.9. The summed E-state index contributed by atoms with van der Waals surface area (Å²) < 4.78 is 0. The van der Waals surface area contributed by atoms with E-state index in [-0.39, 0.29) is 5.41 Å². The van der Waals surface area contributed by atoms with Gasteiger partial charge in [0.15, 0.2) is 0 Å². The van der Waals surface area contributed by atoms with Crippen LogP contribution in [0.25, 0.3) is 0 Å². The average Bonchev–Trinajstić information content (AvgIpc) is 2.73. The smallest absolute Gasteiger partial charge is 0.0713 e. The van der Waals surface area contributed by atoms with Crippen LogP contribution in [0.1, 0.15) is 37.0 Å². The molecule has 1 aromatic carbocycles. The maximum absolute atomic E-state index is 5.68. The molecule has 0 aromatic heterocycles. The number of hydrogen-bond acceptors (Lipinski definition) is 1. The van der Waals surface area contributed by atoms with Crippen molar-refractivity contribution in [2.45, 2.75) is 38.5 Å². The zero-order valence-corrected chi connectivity index (χ0v) is 10.9. The van der Waals surface area contributed by atoms with E-state index in [2.05, 4.69) is 37.4 Å². The van der Waals surface area contributed by atoms with Gasteiger partial charge in [-0.2, -0.15) is 0 Å². The van der Waals surface area contributed by atoms with Gasteiger partial charge in [0.05, 0.1) is 6.00 Å². The van der Waals surface area contributed by atoms with Crippen molar-refractivity contribution >= 4 is 11.6 Å². The molecule has 88 valence electrons. The van der Waals surface area contributed by atoms with Gasteiger partial charge in [-0.1, -0.05) is 32.0 Å². The number of aryl methyl sites for hydroxylation is 2. The molecular weight excluding hydrogens is 218 g/mol. The first-order valence-electron chi connectivity index (χ1n) is 6.02. The summed E-state index contributed by atoms with van der Waals surface area (Å²) >= 11 is 5.68. The topological polar surface area (TPSA) is 12.0 Å². The maximum Gasteiger partial charge on any atom is 0.0713 e. The minimum Gasteiger partial charge on any atom is -0.303 e. The summed E-state index contributed by atoms with van der Waals surface area (Å²) in [7, 11) is 0. The van der Waals surface area contributed by atoms with Gasteiger partial charge in [0.25, 0.3) is 0 Å². The summed E-state index contributed by atoms with van der Waals surface area (Å²) in [5, 5.41) is 3.22. The van der Waals surface area contributed by atoms with Crippen LogP contribution in [-0.2, 0) is 18.3 Å². The van der Waals surface area contributed by atoms with Gasteiger partial charge in [-0.05, 0) is 36.0 Å². The minimum absolute atomic E-state index is 0.159. The lowest BCUT2D eigenvalue weighted by molar-refractivity contribution is 0.488. The lowest BCUT2D eigenvalue weighted by atomic mass is 9.83. The third-order valence-corrected chi connectivity index (χ3v) is 3.73. The Bertz CT molecular complexity index is 371. The van der Waals surface area contributed by atoms with Crippen LogP contribution in [0.2, 0.25) is 0 Å². The Labute approximate surface area is 103 Å². The molecule has 1 aliphatic rings. The Kier molecular flexibility index (Phi) is 3.56. The second-order valence-electron chi connectivity index (χ2n) is 5.28. The van der Waals surface area contributed by atoms with Crippen LogP contribution in [0.3, 0.4) is 0 Å². The molecule has 0 saturated carbocycles. The summed E-state index contributed by atoms with van der Waals surface area (Å²) in [4.78, 5) is 0. The van der Waals surface area contributed by atoms with Crippen LogP contribution in [0.15, 0.2) is 18.2 Å². The molecule has 1 N–H and O–H groups in total. The predicted octanol–water partition coefficient (Wildman–Crippen LogP) is 3.24. The lowest BCUT2D eigenvalue weighted by Crippen LogP contribution is -2.32. The van der Waals surface area contributed by atoms with E-state index in [1.165, 1.54) is 24.8 Å². The second-order valence-corrected chi connectivity index (χ2v) is 5.55. The summed E-state index contributed by atoms with van der Waals surface area (Å²) in [5.74, 6) is 0. The molecule has 1 aromatic rings. The van der Waals surface area contributed by atoms with Crippen molar-refractivity contribution in [2.24, 2.45) is 0 Å². The number of nitrogens with one attached hydrogen (secondary N) is 1. The molecular formula is C14H20ClN. The molecule has 0 bridgehead atoms. The van der Waals surface area contributed by atoms with Crippen molar-refractivity contribution < 1.29 is 0 Å². The fourth-order valence-corrected chi connectivity index (χ4v) is 2.55. The van der Waals surface area contributed by atoms with E-state index in [0.717, 1.165) is 6.54 Å². The molecule has 0 aliphatic heterocycles. The van der Waals surface area contributed by atoms with Gasteiger partial charge in [-0.15, -0.1) is 11.6 Å². The van der Waals surface area contributed by atoms with Gasteiger partial charge < -0.3 is 5.32 Å². The molecule has 2 heteroatoms. The van der Waals surface area contributed by atoms with Crippen LogP contribution < -0.4 is 5.32 Å². The lowest BCUT2D eigenvalue weighted by Gasteiger charge is -2.26. The van der Waals surface area contributed by atoms with Gasteiger partial charge in [0.2, 0.25) is 0 Å². The molecule has 0 fully saturated rings. The van der Waals surface area contributed by atoms with Gasteiger partial charge in [0, 0.05) is 12.0 Å². The molecule has 0 amide bonds. The van der Waals surface area contributed by atoms with Crippen molar-refractivity contribution in [1.29, 1.82) is 0 Å². The van der Waals surface area contributed by atoms with Crippen LogP contribution in [-0.4, -0.2) is 12.5 Å². The van der Waals surface area contributed by atoms with E-state index in [1.807, 2.05) is 0 Å². The number of alkyl halides is 1. The Hall–Kier alpha value is -0.530. The van der Waals surface area contributed by atoms with E-state index in [4.69, 9.17) is 11.6 Å². The molecule has 0 spiro atoms. The molecule has 0 unspecified atom stereocenters. The maximum atomic E-state index is 5.68. The van der Waals surface area contributed by atoms with Crippen molar-refractivity contribution in [3.8, 4) is 0 Å². The van der Waals surface area contributed by atoms with Crippen molar-refractivity contribution in [3.63, 3.8) is 0 Å². The van der Waals surface area contributed by atoms with E-state index >= 15 is 0 Å². The third kappa shape index (κ3) is 2.41. The molecule has 1 nitrogen and oxygen atoms in total. The normalized spacial score (nSPS) is 15.2. The highest BCUT2D eigenvalue weighted by Crippen LogP contribution is 2.29. The molecule has 2 rings (SSSR count). The highest BCUT2D eigenvalue weighted by Gasteiger charge is 2.22. The first-order valence-corrected chi connectivity index (χ1v) is 6.56. The largest absolute Gasteiger partial charge is 0.303 e. The zero-order chi connectivity index (χ0) is 11.6. The molecule has 0 saturated heterocycles. The van der Waals surface area contributed by atoms with Crippen LogP contribution in [0.4, 0.5) is 0 Å². The number of fused-ring (bicyclic) bond motifs is 1. The summed E-state index contributed by atoms with van der Waals surface area (Å²) in [5.41, 5.74) is 4.68. The standard InChI is InChI=1S/C14H20ClN/c1-14(2,9-16-10-15)13-7-6-11-4-3-5-12(11)8-13/h6-8,16H,3-5,9-10H2,1-2H3. The summed E-state index contributed by atoms with van der Waals surface area (Å²) in [6.45, 7) is 5.46. The highest BCUT2D eigenvalue weighted by atomic mass is 35.5. The minimum atomic E-state index is 0.159. The molecule has 0 radical (unpaired) electrons. The van der Waals surface area contributed by atoms with Crippen LogP contribution >= 0.6 is 11.6 Å². The molecule has 1 aliphatic carbocycles. The monoisotopic (exact) mass is 237 g/mol. The van der Waals surface area contributed by atoms with Gasteiger partial charge in [-0.25, -0.2) is 0 Å². The summed E-state index contributed by atoms with van der Waals surface area (Å²) in [6.07, 6.45) is 3.83. The van der Waals surface area contributed by atoms with E-state index in [9.17, 15) is 0 Å². The van der Waals surface area contributed by atoms with Crippen molar-refractivity contribution in [3.05, 3.63) is 34.9 Å². The van der Waals surface area contributed by atoms with Crippen LogP contribution in [0, 0.1) is 0 Å². The molecule has 0 heterocycles. The Balaban J connectivity index is 2.20. The van der Waals surface area contributed by atoms with E-state index < -0.39 is 0 Å². The van der Waals surface area contributed by atoms with Crippen LogP contribution in [0.5, 0.6) is 0 Å². The van der Waals surface area contributed by atoms with Gasteiger partial charge >= 0.3 is 0 Å². The fraction of sp³-hybridized carbons (Fsp3) is 0.571. The average molecular weight is 238 g/mol. The Morgan fingerprint density at radius 1 is 1.25 bits per heavy atom. The molecule has 0 atom stereocenters. The summed E-state index contributed by atoms with van der Waals surface area (Å²) in [6, 6.07) is 7.49. The second kappa shape index (κ2) is 4.77. The predicted molar refractivity (Wildman–Crippen MR) is 70.2 cm³/mol. The Morgan fingerprint density at radius 3 is 2.75 bits per heavy atom. The van der Waals surface area contributed by atoms with Gasteiger partial charge in [-0.3, -0.25) is 0 Å². The highest BCUT2D eigenvalue weighted by molar-refractivity contribution is 6.17. The van der Waals surface area contributed by atoms with Crippen molar-refractivity contribution in [2.75, 3.05) is 12.5 Å². The SMILES string of the molecule is CC(C)(CNCCl)c1ccc2c(c1)CCC2. The van der Waals surface area contributed by atoms with E-state index in [0.29, 0.717) is 6.00 Å². The number of hydrogen-bond donors (Lipinski definition) is 1. The number of halogens is 1. The fourth-order valence-electron chi connectivity index (χ4n) is 2.45.